The molecule has 0 aromatic rings. The van der Waals surface area contributed by atoms with Gasteiger partial charge in [-0.2, -0.15) is 17.0 Å². The Morgan fingerprint density at radius 1 is 1.06 bits per heavy atom. The van der Waals surface area contributed by atoms with Crippen LogP contribution >= 0.6 is 0 Å². The van der Waals surface area contributed by atoms with Crippen molar-refractivity contribution in [2.75, 3.05) is 32.7 Å². The molecule has 2 aliphatic heterocycles. The third-order valence-electron chi connectivity index (χ3n) is 4.23. The molecule has 5 nitrogen and oxygen atoms in total. The number of hydrogen-bond acceptors (Lipinski definition) is 3. The summed E-state index contributed by atoms with van der Waals surface area (Å²) in [5, 5.41) is 0. The zero-order valence-electron chi connectivity index (χ0n) is 11.3. The molecule has 0 aromatic carbocycles. The maximum Gasteiger partial charge on any atom is 0.281 e. The summed E-state index contributed by atoms with van der Waals surface area (Å²) in [5.74, 6) is 0. The van der Waals surface area contributed by atoms with Crippen molar-refractivity contribution in [2.45, 2.75) is 39.0 Å². The van der Waals surface area contributed by atoms with E-state index in [1.165, 1.54) is 0 Å². The summed E-state index contributed by atoms with van der Waals surface area (Å²) >= 11 is 0. The monoisotopic (exact) mass is 275 g/mol. The molecule has 0 amide bonds. The zero-order chi connectivity index (χ0) is 13.2. The Hall–Kier alpha value is -0.170. The Bertz CT molecular complexity index is 377. The molecular formula is C12H25N3O2S. The molecule has 0 aliphatic carbocycles. The molecule has 1 atom stereocenters. The van der Waals surface area contributed by atoms with Crippen LogP contribution in [0.5, 0.6) is 0 Å². The number of hydrogen-bond donors (Lipinski definition) is 1. The summed E-state index contributed by atoms with van der Waals surface area (Å²) in [6.07, 6.45) is 5.14. The van der Waals surface area contributed by atoms with Gasteiger partial charge >= 0.3 is 0 Å². The first-order chi connectivity index (χ1) is 8.48. The Labute approximate surface area is 110 Å². The molecule has 2 aliphatic rings. The average Bonchev–Trinajstić information content (AvgIpc) is 2.58. The second-order valence-corrected chi connectivity index (χ2v) is 7.85. The van der Waals surface area contributed by atoms with Crippen molar-refractivity contribution in [3.05, 3.63) is 0 Å². The smallest absolute Gasteiger partial charge is 0.281 e. The van der Waals surface area contributed by atoms with Crippen LogP contribution in [0.1, 0.15) is 39.0 Å². The summed E-state index contributed by atoms with van der Waals surface area (Å²) < 4.78 is 28.4. The molecule has 2 rings (SSSR count). The van der Waals surface area contributed by atoms with Crippen LogP contribution in [0.4, 0.5) is 0 Å². The van der Waals surface area contributed by atoms with E-state index >= 15 is 0 Å². The van der Waals surface area contributed by atoms with Crippen LogP contribution in [-0.2, 0) is 10.2 Å². The minimum absolute atomic E-state index is 0.0427. The van der Waals surface area contributed by atoms with Crippen LogP contribution in [0.25, 0.3) is 0 Å². The van der Waals surface area contributed by atoms with Crippen LogP contribution in [0.3, 0.4) is 0 Å². The molecule has 2 heterocycles. The molecule has 0 radical (unpaired) electrons. The fourth-order valence-corrected chi connectivity index (χ4v) is 4.62. The molecule has 1 unspecified atom stereocenters. The fourth-order valence-electron chi connectivity index (χ4n) is 2.78. The summed E-state index contributed by atoms with van der Waals surface area (Å²) in [5.41, 5.74) is 5.70. The van der Waals surface area contributed by atoms with Gasteiger partial charge in [0.25, 0.3) is 10.2 Å². The van der Waals surface area contributed by atoms with Crippen molar-refractivity contribution < 1.29 is 8.42 Å². The van der Waals surface area contributed by atoms with E-state index in [2.05, 4.69) is 6.92 Å². The lowest BCUT2D eigenvalue weighted by atomic mass is 9.90. The van der Waals surface area contributed by atoms with E-state index in [0.717, 1.165) is 32.1 Å². The SMILES string of the molecule is CC1(CN)CCN(S(=O)(=O)N2CCCCCC2)C1. The van der Waals surface area contributed by atoms with E-state index in [1.807, 2.05) is 0 Å². The Morgan fingerprint density at radius 2 is 1.67 bits per heavy atom. The highest BCUT2D eigenvalue weighted by atomic mass is 32.2. The van der Waals surface area contributed by atoms with Crippen LogP contribution in [0.15, 0.2) is 0 Å². The van der Waals surface area contributed by atoms with E-state index in [4.69, 9.17) is 5.73 Å². The van der Waals surface area contributed by atoms with Gasteiger partial charge in [-0.1, -0.05) is 19.8 Å². The molecule has 6 heteroatoms. The highest BCUT2D eigenvalue weighted by Crippen LogP contribution is 2.31. The maximum absolute atomic E-state index is 12.6. The topological polar surface area (TPSA) is 66.6 Å². The molecule has 0 saturated carbocycles. The molecule has 0 bridgehead atoms. The Morgan fingerprint density at radius 3 is 2.17 bits per heavy atom. The number of rotatable bonds is 3. The number of nitrogens with zero attached hydrogens (tertiary/aromatic N) is 2. The fraction of sp³-hybridized carbons (Fsp3) is 1.00. The van der Waals surface area contributed by atoms with E-state index in [1.54, 1.807) is 8.61 Å². The van der Waals surface area contributed by atoms with Gasteiger partial charge in [0.15, 0.2) is 0 Å². The third kappa shape index (κ3) is 2.87. The van der Waals surface area contributed by atoms with Gasteiger partial charge in [-0.05, 0) is 31.2 Å². The summed E-state index contributed by atoms with van der Waals surface area (Å²) in [6, 6.07) is 0. The van der Waals surface area contributed by atoms with Gasteiger partial charge in [0.2, 0.25) is 0 Å². The van der Waals surface area contributed by atoms with Crippen LogP contribution in [0, 0.1) is 5.41 Å². The van der Waals surface area contributed by atoms with E-state index in [9.17, 15) is 8.42 Å². The van der Waals surface area contributed by atoms with Gasteiger partial charge in [0, 0.05) is 26.2 Å². The predicted molar refractivity (Wildman–Crippen MR) is 72.3 cm³/mol. The largest absolute Gasteiger partial charge is 0.330 e. The van der Waals surface area contributed by atoms with Gasteiger partial charge in [0.05, 0.1) is 0 Å². The van der Waals surface area contributed by atoms with Gasteiger partial charge in [0.1, 0.15) is 0 Å². The van der Waals surface area contributed by atoms with Gasteiger partial charge in [-0.25, -0.2) is 0 Å². The lowest BCUT2D eigenvalue weighted by molar-refractivity contribution is 0.326. The molecule has 18 heavy (non-hydrogen) atoms. The molecule has 2 fully saturated rings. The van der Waals surface area contributed by atoms with Crippen molar-refractivity contribution in [3.63, 3.8) is 0 Å². The molecule has 2 N–H and O–H groups in total. The summed E-state index contributed by atoms with van der Waals surface area (Å²) in [4.78, 5) is 0. The lowest BCUT2D eigenvalue weighted by Crippen LogP contribution is -2.44. The second kappa shape index (κ2) is 5.45. The van der Waals surface area contributed by atoms with Gasteiger partial charge < -0.3 is 5.73 Å². The third-order valence-corrected chi connectivity index (χ3v) is 6.22. The second-order valence-electron chi connectivity index (χ2n) is 5.92. The van der Waals surface area contributed by atoms with Gasteiger partial charge in [-0.3, -0.25) is 0 Å². The Balaban J connectivity index is 2.07. The van der Waals surface area contributed by atoms with Gasteiger partial charge in [-0.15, -0.1) is 0 Å². The maximum atomic E-state index is 12.6. The van der Waals surface area contributed by atoms with E-state index in [-0.39, 0.29) is 5.41 Å². The highest BCUT2D eigenvalue weighted by molar-refractivity contribution is 7.86. The molecule has 106 valence electrons. The average molecular weight is 275 g/mol. The van der Waals surface area contributed by atoms with Crippen LogP contribution in [0.2, 0.25) is 0 Å². The predicted octanol–water partition coefficient (Wildman–Crippen LogP) is 0.778. The van der Waals surface area contributed by atoms with Crippen LogP contribution in [-0.4, -0.2) is 49.8 Å². The molecular weight excluding hydrogens is 250 g/mol. The molecule has 0 aromatic heterocycles. The molecule has 0 spiro atoms. The summed E-state index contributed by atoms with van der Waals surface area (Å²) in [6.45, 7) is 5.18. The first kappa shape index (κ1) is 14.2. The normalized spacial score (nSPS) is 32.6. The Kier molecular flexibility index (Phi) is 4.31. The van der Waals surface area contributed by atoms with E-state index < -0.39 is 10.2 Å². The first-order valence-electron chi connectivity index (χ1n) is 6.93. The van der Waals surface area contributed by atoms with Crippen LogP contribution < -0.4 is 5.73 Å². The quantitative estimate of drug-likeness (QED) is 0.827. The highest BCUT2D eigenvalue weighted by Gasteiger charge is 2.40. The van der Waals surface area contributed by atoms with Crippen molar-refractivity contribution in [2.24, 2.45) is 11.1 Å². The molecule has 2 saturated heterocycles. The first-order valence-corrected chi connectivity index (χ1v) is 8.33. The standard InChI is InChI=1S/C12H25N3O2S/c1-12(10-13)6-9-15(11-12)18(16,17)14-7-4-2-3-5-8-14/h2-11,13H2,1H3. The minimum Gasteiger partial charge on any atom is -0.330 e. The van der Waals surface area contributed by atoms with Crippen molar-refractivity contribution in [3.8, 4) is 0 Å². The van der Waals surface area contributed by atoms with Crippen molar-refractivity contribution in [1.82, 2.24) is 8.61 Å². The number of nitrogens with two attached hydrogens (primary N) is 1. The van der Waals surface area contributed by atoms with Crippen molar-refractivity contribution in [1.29, 1.82) is 0 Å². The minimum atomic E-state index is -3.26. The summed E-state index contributed by atoms with van der Waals surface area (Å²) in [7, 11) is -3.26. The zero-order valence-corrected chi connectivity index (χ0v) is 12.1. The van der Waals surface area contributed by atoms with Crippen molar-refractivity contribution >= 4 is 10.2 Å². The lowest BCUT2D eigenvalue weighted by Gasteiger charge is -2.27. The van der Waals surface area contributed by atoms with E-state index in [0.29, 0.717) is 32.7 Å².